The normalized spacial score (nSPS) is 16.8. The van der Waals surface area contributed by atoms with Crippen LogP contribution in [0.1, 0.15) is 12.0 Å². The summed E-state index contributed by atoms with van der Waals surface area (Å²) in [6.07, 6.45) is 1.52. The highest BCUT2D eigenvalue weighted by molar-refractivity contribution is 8.00. The number of anilines is 1. The van der Waals surface area contributed by atoms with E-state index in [1.54, 1.807) is 6.07 Å². The Balaban J connectivity index is 1.52. The van der Waals surface area contributed by atoms with Crippen molar-refractivity contribution in [2.45, 2.75) is 23.3 Å². The number of halogens is 1. The zero-order valence-corrected chi connectivity index (χ0v) is 14.7. The van der Waals surface area contributed by atoms with E-state index >= 15 is 0 Å². The van der Waals surface area contributed by atoms with Crippen molar-refractivity contribution in [2.75, 3.05) is 5.32 Å². The molecule has 1 aromatic heterocycles. The lowest BCUT2D eigenvalue weighted by Crippen LogP contribution is -2.23. The van der Waals surface area contributed by atoms with Gasteiger partial charge in [0.15, 0.2) is 0 Å². The monoisotopic (exact) mass is 371 g/mol. The van der Waals surface area contributed by atoms with Gasteiger partial charge >= 0.3 is 0 Å². The predicted octanol–water partition coefficient (Wildman–Crippen LogP) is 4.44. The Bertz CT molecular complexity index is 928. The molecule has 0 saturated carbocycles. The number of nitrogens with one attached hydrogen (secondary N) is 1. The van der Waals surface area contributed by atoms with Crippen LogP contribution in [0, 0.1) is 0 Å². The van der Waals surface area contributed by atoms with Crippen molar-refractivity contribution in [3.63, 3.8) is 0 Å². The molecule has 2 aromatic carbocycles. The zero-order valence-electron chi connectivity index (χ0n) is 13.1. The summed E-state index contributed by atoms with van der Waals surface area (Å²) in [6.45, 7) is 0. The van der Waals surface area contributed by atoms with Gasteiger partial charge in [-0.2, -0.15) is 0 Å². The summed E-state index contributed by atoms with van der Waals surface area (Å²) in [5.74, 6) is 0.304. The van der Waals surface area contributed by atoms with Gasteiger partial charge in [-0.1, -0.05) is 53.7 Å². The van der Waals surface area contributed by atoms with Crippen molar-refractivity contribution in [1.29, 1.82) is 0 Å². The third kappa shape index (κ3) is 3.41. The number of aryl methyl sites for hydroxylation is 1. The molecule has 1 aliphatic rings. The smallest absolute Gasteiger partial charge is 0.277 e. The summed E-state index contributed by atoms with van der Waals surface area (Å²) >= 11 is 7.44. The average molecular weight is 372 g/mol. The van der Waals surface area contributed by atoms with Gasteiger partial charge in [-0.25, -0.2) is 0 Å². The Morgan fingerprint density at radius 2 is 1.92 bits per heavy atom. The topological polar surface area (TPSA) is 68.0 Å². The second-order valence-electron chi connectivity index (χ2n) is 5.64. The first kappa shape index (κ1) is 16.2. The molecule has 0 fully saturated rings. The average Bonchev–Trinajstić information content (AvgIpc) is 3.01. The van der Waals surface area contributed by atoms with Crippen molar-refractivity contribution in [2.24, 2.45) is 0 Å². The highest BCUT2D eigenvalue weighted by Gasteiger charge is 2.26. The third-order valence-corrected chi connectivity index (χ3v) is 5.43. The van der Waals surface area contributed by atoms with Crippen molar-refractivity contribution in [3.05, 3.63) is 59.1 Å². The van der Waals surface area contributed by atoms with Gasteiger partial charge in [-0.15, -0.1) is 10.2 Å². The van der Waals surface area contributed by atoms with Gasteiger partial charge in [0, 0.05) is 5.69 Å². The van der Waals surface area contributed by atoms with Crippen molar-refractivity contribution in [1.82, 2.24) is 10.2 Å². The summed E-state index contributed by atoms with van der Waals surface area (Å²) in [6, 6.07) is 15.1. The first-order chi connectivity index (χ1) is 12.2. The van der Waals surface area contributed by atoms with Crippen LogP contribution in [-0.2, 0) is 11.2 Å². The maximum absolute atomic E-state index is 12.5. The first-order valence-electron chi connectivity index (χ1n) is 7.84. The fraction of sp³-hybridized carbons (Fsp3) is 0.167. The number of carbonyl (C=O) groups is 1. The van der Waals surface area contributed by atoms with Gasteiger partial charge in [0.05, 0.1) is 15.8 Å². The van der Waals surface area contributed by atoms with Crippen LogP contribution < -0.4 is 5.32 Å². The van der Waals surface area contributed by atoms with Crippen molar-refractivity contribution >= 4 is 35.0 Å². The van der Waals surface area contributed by atoms with Crippen molar-refractivity contribution < 1.29 is 9.21 Å². The fourth-order valence-corrected chi connectivity index (χ4v) is 3.80. The molecule has 1 N–H and O–H groups in total. The molecule has 7 heteroatoms. The van der Waals surface area contributed by atoms with E-state index in [4.69, 9.17) is 16.0 Å². The molecule has 4 rings (SSSR count). The van der Waals surface area contributed by atoms with Gasteiger partial charge < -0.3 is 9.73 Å². The zero-order chi connectivity index (χ0) is 17.2. The third-order valence-electron chi connectivity index (χ3n) is 4.00. The van der Waals surface area contributed by atoms with E-state index in [1.807, 2.05) is 42.5 Å². The first-order valence-corrected chi connectivity index (χ1v) is 9.10. The molecule has 0 unspecified atom stereocenters. The molecule has 25 heavy (non-hydrogen) atoms. The number of fused-ring (bicyclic) bond motifs is 1. The van der Waals surface area contributed by atoms with Gasteiger partial charge in [0.2, 0.25) is 11.8 Å². The highest BCUT2D eigenvalue weighted by atomic mass is 35.5. The Labute approximate surface area is 153 Å². The summed E-state index contributed by atoms with van der Waals surface area (Å²) in [5, 5.41) is 11.7. The molecule has 0 radical (unpaired) electrons. The number of amides is 1. The molecule has 0 saturated heterocycles. The van der Waals surface area contributed by atoms with Crippen LogP contribution in [0.5, 0.6) is 0 Å². The minimum absolute atomic E-state index is 0.0487. The fourth-order valence-electron chi connectivity index (χ4n) is 2.73. The minimum atomic E-state index is -0.285. The Morgan fingerprint density at radius 1 is 1.12 bits per heavy atom. The molecular weight excluding hydrogens is 358 g/mol. The SMILES string of the molecule is O=C1Nc2ccccc2CC[C@@H]1Sc1nnc(-c2ccccc2Cl)o1. The van der Waals surface area contributed by atoms with E-state index in [2.05, 4.69) is 15.5 Å². The number of rotatable bonds is 3. The summed E-state index contributed by atoms with van der Waals surface area (Å²) < 4.78 is 5.70. The molecule has 1 aliphatic heterocycles. The molecule has 0 bridgehead atoms. The number of carbonyl (C=O) groups excluding carboxylic acids is 1. The summed E-state index contributed by atoms with van der Waals surface area (Å²) in [4.78, 5) is 12.5. The van der Waals surface area contributed by atoms with Gasteiger partial charge in [-0.05, 0) is 36.6 Å². The summed E-state index contributed by atoms with van der Waals surface area (Å²) in [7, 11) is 0. The lowest BCUT2D eigenvalue weighted by Gasteiger charge is -2.09. The molecule has 0 aliphatic carbocycles. The van der Waals surface area contributed by atoms with Crippen LogP contribution in [0.15, 0.2) is 58.2 Å². The van der Waals surface area contributed by atoms with Crippen LogP contribution >= 0.6 is 23.4 Å². The Hall–Kier alpha value is -2.31. The van der Waals surface area contributed by atoms with Gasteiger partial charge in [0.25, 0.3) is 5.22 Å². The van der Waals surface area contributed by atoms with E-state index < -0.39 is 0 Å². The second-order valence-corrected chi connectivity index (χ2v) is 7.21. The van der Waals surface area contributed by atoms with Crippen LogP contribution in [-0.4, -0.2) is 21.4 Å². The van der Waals surface area contributed by atoms with Crippen molar-refractivity contribution in [3.8, 4) is 11.5 Å². The van der Waals surface area contributed by atoms with Crippen LogP contribution in [0.25, 0.3) is 11.5 Å². The predicted molar refractivity (Wildman–Crippen MR) is 97.8 cm³/mol. The summed E-state index contributed by atoms with van der Waals surface area (Å²) in [5.41, 5.74) is 2.69. The van der Waals surface area contributed by atoms with Crippen LogP contribution in [0.4, 0.5) is 5.69 Å². The van der Waals surface area contributed by atoms with Gasteiger partial charge in [-0.3, -0.25) is 4.79 Å². The van der Waals surface area contributed by atoms with E-state index in [0.29, 0.717) is 28.1 Å². The van der Waals surface area contributed by atoms with Crippen LogP contribution in [0.2, 0.25) is 5.02 Å². The number of hydrogen-bond acceptors (Lipinski definition) is 5. The molecular formula is C18H14ClN3O2S. The highest BCUT2D eigenvalue weighted by Crippen LogP contribution is 2.33. The maximum Gasteiger partial charge on any atom is 0.277 e. The lowest BCUT2D eigenvalue weighted by atomic mass is 10.1. The van der Waals surface area contributed by atoms with Crippen LogP contribution in [0.3, 0.4) is 0 Å². The lowest BCUT2D eigenvalue weighted by molar-refractivity contribution is -0.115. The molecule has 0 spiro atoms. The number of benzene rings is 2. The number of nitrogens with zero attached hydrogens (tertiary/aromatic N) is 2. The molecule has 2 heterocycles. The van der Waals surface area contributed by atoms with Gasteiger partial charge in [0.1, 0.15) is 0 Å². The van der Waals surface area contributed by atoms with E-state index in [-0.39, 0.29) is 11.2 Å². The van der Waals surface area contributed by atoms with E-state index in [0.717, 1.165) is 17.7 Å². The second kappa shape index (κ2) is 6.90. The number of aromatic nitrogens is 2. The minimum Gasteiger partial charge on any atom is -0.411 e. The Morgan fingerprint density at radius 3 is 2.80 bits per heavy atom. The quantitative estimate of drug-likeness (QED) is 0.737. The van der Waals surface area contributed by atoms with E-state index in [1.165, 1.54) is 11.8 Å². The maximum atomic E-state index is 12.5. The Kier molecular flexibility index (Phi) is 4.46. The molecule has 1 atom stereocenters. The van der Waals surface area contributed by atoms with E-state index in [9.17, 15) is 4.79 Å². The molecule has 5 nitrogen and oxygen atoms in total. The molecule has 3 aromatic rings. The standard InChI is InChI=1S/C18H14ClN3O2S/c19-13-7-3-2-6-12(13)17-21-22-18(24-17)25-15-10-9-11-5-1-4-8-14(11)20-16(15)23/h1-8,15H,9-10H2,(H,20,23)/t15-/m0/s1. The number of thioether (sulfide) groups is 1. The molecule has 1 amide bonds. The largest absolute Gasteiger partial charge is 0.411 e. The number of para-hydroxylation sites is 1. The number of hydrogen-bond donors (Lipinski definition) is 1. The molecule has 126 valence electrons.